The highest BCUT2D eigenvalue weighted by Gasteiger charge is 2.28. The van der Waals surface area contributed by atoms with E-state index < -0.39 is 15.8 Å². The van der Waals surface area contributed by atoms with E-state index in [1.807, 2.05) is 6.92 Å². The van der Waals surface area contributed by atoms with Crippen LogP contribution in [0.15, 0.2) is 46.2 Å². The summed E-state index contributed by atoms with van der Waals surface area (Å²) in [5.74, 6) is 0.0876. The SMILES string of the molecule is Cc1ccc(S(=O)(=O)O[NH2+]c2ccn([C@@H]3CO[C@H](CO)S3)c(=O)n2)cc1. The Balaban J connectivity index is 1.68. The van der Waals surface area contributed by atoms with Crippen LogP contribution in [0.3, 0.4) is 0 Å². The minimum Gasteiger partial charge on any atom is -0.393 e. The normalized spacial score (nSPS) is 20.4. The largest absolute Gasteiger partial charge is 0.393 e. The Labute approximate surface area is 154 Å². The minimum atomic E-state index is -3.98. The summed E-state index contributed by atoms with van der Waals surface area (Å²) in [6.07, 6.45) is 1.49. The zero-order chi connectivity index (χ0) is 18.7. The fourth-order valence-corrected chi connectivity index (χ4v) is 4.12. The second kappa shape index (κ2) is 7.86. The Hall–Kier alpha value is -1.76. The van der Waals surface area contributed by atoms with Gasteiger partial charge in [0.2, 0.25) is 0 Å². The lowest BCUT2D eigenvalue weighted by Crippen LogP contribution is -2.78. The quantitative estimate of drug-likeness (QED) is 0.631. The lowest BCUT2D eigenvalue weighted by Gasteiger charge is -2.10. The van der Waals surface area contributed by atoms with Gasteiger partial charge in [0.05, 0.1) is 18.1 Å². The highest BCUT2D eigenvalue weighted by molar-refractivity contribution is 8.00. The predicted octanol–water partition coefficient (Wildman–Crippen LogP) is -0.352. The summed E-state index contributed by atoms with van der Waals surface area (Å²) in [6, 6.07) is 7.68. The Morgan fingerprint density at radius 1 is 1.38 bits per heavy atom. The summed E-state index contributed by atoms with van der Waals surface area (Å²) >= 11 is 1.31. The van der Waals surface area contributed by atoms with Gasteiger partial charge in [-0.3, -0.25) is 4.57 Å². The van der Waals surface area contributed by atoms with Gasteiger partial charge in [-0.15, -0.1) is 22.2 Å². The van der Waals surface area contributed by atoms with Crippen molar-refractivity contribution in [1.29, 1.82) is 0 Å². The van der Waals surface area contributed by atoms with Crippen molar-refractivity contribution in [3.05, 3.63) is 52.6 Å². The van der Waals surface area contributed by atoms with Crippen molar-refractivity contribution in [3.63, 3.8) is 0 Å². The van der Waals surface area contributed by atoms with Crippen LogP contribution in [0.25, 0.3) is 0 Å². The zero-order valence-electron chi connectivity index (χ0n) is 13.8. The summed E-state index contributed by atoms with van der Waals surface area (Å²) < 4.78 is 35.8. The molecule has 9 nitrogen and oxygen atoms in total. The molecule has 2 heterocycles. The Morgan fingerprint density at radius 3 is 2.73 bits per heavy atom. The van der Waals surface area contributed by atoms with Gasteiger partial charge in [0.25, 0.3) is 5.82 Å². The number of thioether (sulfide) groups is 1. The molecule has 2 aromatic rings. The van der Waals surface area contributed by atoms with E-state index in [1.54, 1.807) is 12.1 Å². The summed E-state index contributed by atoms with van der Waals surface area (Å²) in [6.45, 7) is 1.98. The molecule has 3 N–H and O–H groups in total. The van der Waals surface area contributed by atoms with Crippen LogP contribution in [0.2, 0.25) is 0 Å². The van der Waals surface area contributed by atoms with E-state index in [1.165, 1.54) is 40.7 Å². The first-order valence-electron chi connectivity index (χ1n) is 7.69. The number of hydrogen-bond acceptors (Lipinski definition) is 8. The highest BCUT2D eigenvalue weighted by Crippen LogP contribution is 2.34. The topological polar surface area (TPSA) is 124 Å². The number of aliphatic hydroxyl groups excluding tert-OH is 1. The van der Waals surface area contributed by atoms with Crippen molar-refractivity contribution in [3.8, 4) is 0 Å². The monoisotopic (exact) mass is 400 g/mol. The van der Waals surface area contributed by atoms with Crippen LogP contribution in [0.1, 0.15) is 10.9 Å². The van der Waals surface area contributed by atoms with Crippen LogP contribution in [0, 0.1) is 6.92 Å². The third kappa shape index (κ3) is 4.31. The third-order valence-electron chi connectivity index (χ3n) is 3.65. The second-order valence-corrected chi connectivity index (χ2v) is 8.47. The van der Waals surface area contributed by atoms with Gasteiger partial charge in [-0.05, 0) is 19.1 Å². The van der Waals surface area contributed by atoms with Gasteiger partial charge in [-0.2, -0.15) is 8.42 Å². The first-order valence-corrected chi connectivity index (χ1v) is 10.0. The molecule has 26 heavy (non-hydrogen) atoms. The van der Waals surface area contributed by atoms with Crippen molar-refractivity contribution in [1.82, 2.24) is 9.55 Å². The van der Waals surface area contributed by atoms with E-state index in [0.29, 0.717) is 0 Å². The van der Waals surface area contributed by atoms with E-state index in [9.17, 15) is 13.2 Å². The molecule has 0 radical (unpaired) electrons. The van der Waals surface area contributed by atoms with Crippen LogP contribution in [0.4, 0.5) is 5.82 Å². The maximum atomic E-state index is 12.1. The Kier molecular flexibility index (Phi) is 5.75. The van der Waals surface area contributed by atoms with Crippen LogP contribution in [0.5, 0.6) is 0 Å². The molecule has 11 heteroatoms. The maximum Gasteiger partial charge on any atom is 0.353 e. The van der Waals surface area contributed by atoms with E-state index in [0.717, 1.165) is 11.0 Å². The van der Waals surface area contributed by atoms with Crippen LogP contribution >= 0.6 is 11.8 Å². The smallest absolute Gasteiger partial charge is 0.353 e. The van der Waals surface area contributed by atoms with Crippen molar-refractivity contribution in [2.45, 2.75) is 22.6 Å². The molecule has 0 unspecified atom stereocenters. The summed E-state index contributed by atoms with van der Waals surface area (Å²) in [4.78, 5) is 16.0. The summed E-state index contributed by atoms with van der Waals surface area (Å²) in [5.41, 5.74) is 0.918. The van der Waals surface area contributed by atoms with Gasteiger partial charge in [0.1, 0.15) is 10.8 Å². The molecule has 0 amide bonds. The molecule has 1 saturated heterocycles. The molecule has 140 valence electrons. The van der Waals surface area contributed by atoms with Crippen molar-refractivity contribution < 1.29 is 28.0 Å². The number of ether oxygens (including phenoxy) is 1. The number of aromatic nitrogens is 2. The van der Waals surface area contributed by atoms with Gasteiger partial charge in [-0.25, -0.2) is 4.79 Å². The molecular weight excluding hydrogens is 382 g/mol. The molecule has 0 saturated carbocycles. The third-order valence-corrected chi connectivity index (χ3v) is 6.11. The molecule has 1 aliphatic rings. The van der Waals surface area contributed by atoms with Gasteiger partial charge < -0.3 is 9.84 Å². The van der Waals surface area contributed by atoms with Gasteiger partial charge in [0, 0.05) is 12.3 Å². The predicted molar refractivity (Wildman–Crippen MR) is 93.0 cm³/mol. The zero-order valence-corrected chi connectivity index (χ0v) is 15.4. The lowest BCUT2D eigenvalue weighted by molar-refractivity contribution is -0.797. The van der Waals surface area contributed by atoms with Crippen LogP contribution in [-0.4, -0.2) is 41.7 Å². The van der Waals surface area contributed by atoms with Crippen molar-refractivity contribution in [2.24, 2.45) is 0 Å². The van der Waals surface area contributed by atoms with Crippen LogP contribution < -0.4 is 11.2 Å². The maximum absolute atomic E-state index is 12.1. The summed E-state index contributed by atoms with van der Waals surface area (Å²) in [7, 11) is -3.98. The standard InChI is InChI=1S/C15H17N3O6S2/c1-10-2-4-11(5-3-10)26(21,22)24-17-12-6-7-18(15(20)16-12)13-9-23-14(8-19)25-13/h2-7,13-14,19H,8-9H2,1H3,(H,16,17,20)/p+1/t13-,14-/m0/s1. The average Bonchev–Trinajstić information content (AvgIpc) is 3.09. The fraction of sp³-hybridized carbons (Fsp3) is 0.333. The van der Waals surface area contributed by atoms with E-state index in [-0.39, 0.29) is 34.7 Å². The molecule has 0 aliphatic carbocycles. The average molecular weight is 400 g/mol. The molecule has 0 bridgehead atoms. The number of aryl methyl sites for hydroxylation is 1. The van der Waals surface area contributed by atoms with Crippen molar-refractivity contribution >= 4 is 27.7 Å². The van der Waals surface area contributed by atoms with Gasteiger partial charge in [0.15, 0.2) is 0 Å². The number of benzene rings is 1. The molecular formula is C15H18N3O6S2+. The molecule has 1 aliphatic heterocycles. The first-order chi connectivity index (χ1) is 12.4. The number of aliphatic hydroxyl groups is 1. The molecule has 3 rings (SSSR count). The summed E-state index contributed by atoms with van der Waals surface area (Å²) in [5, 5.41) is 8.78. The first kappa shape index (κ1) is 19.0. The van der Waals surface area contributed by atoms with E-state index >= 15 is 0 Å². The molecule has 2 atom stereocenters. The molecule has 1 fully saturated rings. The van der Waals surface area contributed by atoms with E-state index in [4.69, 9.17) is 14.1 Å². The second-order valence-electron chi connectivity index (χ2n) is 5.56. The van der Waals surface area contributed by atoms with E-state index in [2.05, 4.69) is 4.98 Å². The van der Waals surface area contributed by atoms with Crippen molar-refractivity contribution in [2.75, 3.05) is 13.2 Å². The van der Waals surface area contributed by atoms with Gasteiger partial charge in [-0.1, -0.05) is 22.0 Å². The Morgan fingerprint density at radius 2 is 2.12 bits per heavy atom. The fourth-order valence-electron chi connectivity index (χ4n) is 2.27. The molecule has 0 spiro atoms. The number of nitrogens with two attached hydrogens (primary N) is 1. The molecule has 1 aromatic heterocycles. The number of hydrogen-bond donors (Lipinski definition) is 2. The Bertz CT molecular complexity index is 929. The number of rotatable bonds is 6. The van der Waals surface area contributed by atoms with Crippen LogP contribution in [-0.2, 0) is 19.1 Å². The molecule has 1 aromatic carbocycles. The number of quaternary nitrogens is 1. The number of nitrogens with zero attached hydrogens (tertiary/aromatic N) is 2. The minimum absolute atomic E-state index is 0.0160. The lowest BCUT2D eigenvalue weighted by atomic mass is 10.2. The van der Waals surface area contributed by atoms with Gasteiger partial charge >= 0.3 is 15.8 Å². The highest BCUT2D eigenvalue weighted by atomic mass is 32.2.